The van der Waals surface area contributed by atoms with Gasteiger partial charge in [-0.3, -0.25) is 4.79 Å². The fourth-order valence-electron chi connectivity index (χ4n) is 2.58. The summed E-state index contributed by atoms with van der Waals surface area (Å²) in [5, 5.41) is 0.593. The molecule has 1 amide bonds. The van der Waals surface area contributed by atoms with Crippen molar-refractivity contribution in [2.24, 2.45) is 0 Å². The zero-order valence-corrected chi connectivity index (χ0v) is 16.6. The first-order chi connectivity index (χ1) is 13.5. The van der Waals surface area contributed by atoms with Crippen LogP contribution in [0.2, 0.25) is 0 Å². The van der Waals surface area contributed by atoms with Crippen molar-refractivity contribution in [3.63, 3.8) is 0 Å². The first-order valence-electron chi connectivity index (χ1n) is 8.60. The molecule has 0 saturated heterocycles. The Morgan fingerprint density at radius 1 is 1.25 bits per heavy atom. The van der Waals surface area contributed by atoms with E-state index >= 15 is 0 Å². The molecule has 6 nitrogen and oxygen atoms in total. The van der Waals surface area contributed by atoms with E-state index in [1.807, 2.05) is 6.26 Å². The molecule has 0 N–H and O–H groups in total. The van der Waals surface area contributed by atoms with E-state index in [9.17, 15) is 9.18 Å². The van der Waals surface area contributed by atoms with E-state index < -0.39 is 0 Å². The van der Waals surface area contributed by atoms with Crippen molar-refractivity contribution in [3.05, 3.63) is 59.7 Å². The van der Waals surface area contributed by atoms with E-state index in [1.54, 1.807) is 49.4 Å². The van der Waals surface area contributed by atoms with Gasteiger partial charge in [0.15, 0.2) is 11.6 Å². The molecule has 0 aliphatic carbocycles. The highest BCUT2D eigenvalue weighted by Gasteiger charge is 2.22. The quantitative estimate of drug-likeness (QED) is 0.439. The van der Waals surface area contributed by atoms with Crippen LogP contribution in [-0.4, -0.2) is 47.2 Å². The molecule has 2 heterocycles. The number of benzene rings is 1. The lowest BCUT2D eigenvalue weighted by Crippen LogP contribution is -2.32. The average Bonchev–Trinajstić information content (AvgIpc) is 3.23. The van der Waals surface area contributed by atoms with Gasteiger partial charge in [0.1, 0.15) is 23.2 Å². The molecule has 0 aliphatic rings. The number of rotatable bonds is 7. The van der Waals surface area contributed by atoms with Gasteiger partial charge in [-0.2, -0.15) is 0 Å². The third kappa shape index (κ3) is 4.51. The number of carbonyl (C=O) groups is 1. The second-order valence-electron chi connectivity index (χ2n) is 6.02. The van der Waals surface area contributed by atoms with Gasteiger partial charge in [0.05, 0.1) is 24.1 Å². The van der Waals surface area contributed by atoms with Gasteiger partial charge in [-0.15, -0.1) is 11.8 Å². The minimum Gasteiger partial charge on any atom is -0.492 e. The lowest BCUT2D eigenvalue weighted by atomic mass is 10.2. The molecule has 2 aromatic heterocycles. The molecule has 3 aromatic rings. The molecule has 0 bridgehead atoms. The van der Waals surface area contributed by atoms with Crippen molar-refractivity contribution in [2.75, 3.05) is 26.5 Å². The number of thioether (sulfide) groups is 1. The van der Waals surface area contributed by atoms with Crippen molar-refractivity contribution >= 4 is 17.7 Å². The Morgan fingerprint density at radius 3 is 2.64 bits per heavy atom. The molecular weight excluding hydrogens is 381 g/mol. The Kier molecular flexibility index (Phi) is 6.30. The monoisotopic (exact) mass is 401 g/mol. The average molecular weight is 401 g/mol. The number of hydrogen-bond acceptors (Lipinski definition) is 6. The fraction of sp³-hybridized carbons (Fsp3) is 0.250. The summed E-state index contributed by atoms with van der Waals surface area (Å²) in [6.07, 6.45) is 3.42. The molecule has 1 aromatic carbocycles. The molecule has 0 spiro atoms. The molecule has 146 valence electrons. The fourth-order valence-corrected chi connectivity index (χ4v) is 3.20. The molecule has 28 heavy (non-hydrogen) atoms. The summed E-state index contributed by atoms with van der Waals surface area (Å²) >= 11 is 1.38. The first kappa shape index (κ1) is 19.9. The smallest absolute Gasteiger partial charge is 0.258 e. The van der Waals surface area contributed by atoms with E-state index in [1.165, 1.54) is 23.9 Å². The SMILES string of the molecule is CSc1nc(-c2ccco2)nc(C)c1C(=O)N(C)CCOc1ccc(F)cc1. The maximum Gasteiger partial charge on any atom is 0.258 e. The summed E-state index contributed by atoms with van der Waals surface area (Å²) in [5.41, 5.74) is 1.05. The van der Waals surface area contributed by atoms with Crippen LogP contribution in [0.25, 0.3) is 11.6 Å². The number of ether oxygens (including phenoxy) is 1. The van der Waals surface area contributed by atoms with Gasteiger partial charge in [-0.1, -0.05) is 0 Å². The number of furan rings is 1. The molecule has 0 atom stereocenters. The maximum atomic E-state index is 12.9. The Hall–Kier alpha value is -2.87. The molecule has 0 aliphatic heterocycles. The summed E-state index contributed by atoms with van der Waals surface area (Å²) in [5.74, 6) is 1.05. The largest absolute Gasteiger partial charge is 0.492 e. The standard InChI is InChI=1S/C20H20FN3O3S/c1-13-17(19(28-3)23-18(22-13)16-5-4-11-27-16)20(25)24(2)10-12-26-15-8-6-14(21)7-9-15/h4-9,11H,10,12H2,1-3H3. The van der Waals surface area contributed by atoms with Gasteiger partial charge in [0.25, 0.3) is 5.91 Å². The number of halogens is 1. The minimum absolute atomic E-state index is 0.185. The van der Waals surface area contributed by atoms with E-state index in [4.69, 9.17) is 9.15 Å². The summed E-state index contributed by atoms with van der Waals surface area (Å²) in [4.78, 5) is 23.4. The number of aromatic nitrogens is 2. The van der Waals surface area contributed by atoms with Crippen molar-refractivity contribution in [1.82, 2.24) is 14.9 Å². The highest BCUT2D eigenvalue weighted by Crippen LogP contribution is 2.26. The molecule has 0 saturated carbocycles. The molecule has 8 heteroatoms. The number of nitrogens with zero attached hydrogens (tertiary/aromatic N) is 3. The predicted octanol–water partition coefficient (Wildman–Crippen LogP) is 4.06. The normalized spacial score (nSPS) is 10.7. The summed E-state index contributed by atoms with van der Waals surface area (Å²) < 4.78 is 23.8. The minimum atomic E-state index is -0.322. The third-order valence-corrected chi connectivity index (χ3v) is 4.74. The molecule has 0 fully saturated rings. The van der Waals surface area contributed by atoms with Gasteiger partial charge >= 0.3 is 0 Å². The number of likely N-dealkylation sites (N-methyl/N-ethyl adjacent to an activating group) is 1. The Balaban J connectivity index is 1.71. The van der Waals surface area contributed by atoms with E-state index in [-0.39, 0.29) is 18.3 Å². The molecular formula is C20H20FN3O3S. The van der Waals surface area contributed by atoms with Gasteiger partial charge < -0.3 is 14.1 Å². The maximum absolute atomic E-state index is 12.9. The summed E-state index contributed by atoms with van der Waals surface area (Å²) in [6, 6.07) is 9.30. The van der Waals surface area contributed by atoms with Crippen LogP contribution in [0, 0.1) is 12.7 Å². The van der Waals surface area contributed by atoms with Crippen LogP contribution in [0.4, 0.5) is 4.39 Å². The van der Waals surface area contributed by atoms with Crippen LogP contribution >= 0.6 is 11.8 Å². The lowest BCUT2D eigenvalue weighted by Gasteiger charge is -2.20. The van der Waals surface area contributed by atoms with Gasteiger partial charge in [0.2, 0.25) is 0 Å². The summed E-state index contributed by atoms with van der Waals surface area (Å²) in [7, 11) is 1.69. The molecule has 0 unspecified atom stereocenters. The third-order valence-electron chi connectivity index (χ3n) is 4.06. The Labute approximate surface area is 166 Å². The Morgan fingerprint density at radius 2 is 2.00 bits per heavy atom. The van der Waals surface area contributed by atoms with Crippen molar-refractivity contribution in [1.29, 1.82) is 0 Å². The topological polar surface area (TPSA) is 68.5 Å². The van der Waals surface area contributed by atoms with Crippen LogP contribution in [0.15, 0.2) is 52.1 Å². The van der Waals surface area contributed by atoms with Crippen LogP contribution in [-0.2, 0) is 0 Å². The van der Waals surface area contributed by atoms with Gasteiger partial charge in [-0.05, 0) is 49.6 Å². The number of aryl methyl sites for hydroxylation is 1. The second kappa shape index (κ2) is 8.88. The predicted molar refractivity (Wildman–Crippen MR) is 105 cm³/mol. The van der Waals surface area contributed by atoms with Crippen molar-refractivity contribution < 1.29 is 18.3 Å². The van der Waals surface area contributed by atoms with Crippen LogP contribution in [0.5, 0.6) is 5.75 Å². The first-order valence-corrected chi connectivity index (χ1v) is 9.82. The number of amides is 1. The highest BCUT2D eigenvalue weighted by atomic mass is 32.2. The second-order valence-corrected chi connectivity index (χ2v) is 6.82. The van der Waals surface area contributed by atoms with Crippen LogP contribution in [0.1, 0.15) is 16.1 Å². The zero-order valence-electron chi connectivity index (χ0n) is 15.8. The number of carbonyl (C=O) groups excluding carboxylic acids is 1. The summed E-state index contributed by atoms with van der Waals surface area (Å²) in [6.45, 7) is 2.43. The number of hydrogen-bond donors (Lipinski definition) is 0. The van der Waals surface area contributed by atoms with E-state index in [0.29, 0.717) is 40.2 Å². The molecule has 0 radical (unpaired) electrons. The Bertz CT molecular complexity index is 946. The van der Waals surface area contributed by atoms with E-state index in [0.717, 1.165) is 0 Å². The van der Waals surface area contributed by atoms with Crippen LogP contribution in [0.3, 0.4) is 0 Å². The van der Waals surface area contributed by atoms with Crippen molar-refractivity contribution in [2.45, 2.75) is 11.9 Å². The van der Waals surface area contributed by atoms with Crippen LogP contribution < -0.4 is 4.74 Å². The van der Waals surface area contributed by atoms with Gasteiger partial charge in [0, 0.05) is 7.05 Å². The lowest BCUT2D eigenvalue weighted by molar-refractivity contribution is 0.0768. The van der Waals surface area contributed by atoms with Gasteiger partial charge in [-0.25, -0.2) is 14.4 Å². The van der Waals surface area contributed by atoms with E-state index in [2.05, 4.69) is 9.97 Å². The zero-order chi connectivity index (χ0) is 20.1. The molecule has 3 rings (SSSR count). The highest BCUT2D eigenvalue weighted by molar-refractivity contribution is 7.98. The van der Waals surface area contributed by atoms with Crippen molar-refractivity contribution in [3.8, 4) is 17.3 Å².